The summed E-state index contributed by atoms with van der Waals surface area (Å²) in [5, 5.41) is 9.05. The van der Waals surface area contributed by atoms with Gasteiger partial charge in [-0.15, -0.1) is 11.3 Å². The number of halogens is 1. The number of thiazole rings is 1. The van der Waals surface area contributed by atoms with E-state index in [4.69, 9.17) is 5.84 Å². The standard InChI is InChI=1S/C26H28FN5OS/c1-26(2,24(33)31(28)25-29-13-14-34-25)23(17-5-3-4-6-17)18-7-12-22-19(15-18)16-30-32(22)21-10-8-20(27)9-11-21/h7-17,23H,3-6,28H2,1-2H3. The molecule has 6 nitrogen and oxygen atoms in total. The third-order valence-corrected chi connectivity index (χ3v) is 7.84. The average Bonchev–Trinajstić information content (AvgIpc) is 3.60. The molecule has 0 spiro atoms. The van der Waals surface area contributed by atoms with Gasteiger partial charge in [0.2, 0.25) is 11.0 Å². The van der Waals surface area contributed by atoms with Gasteiger partial charge in [0.05, 0.1) is 22.8 Å². The lowest BCUT2D eigenvalue weighted by atomic mass is 9.67. The number of carbonyl (C=O) groups excluding carboxylic acids is 1. The van der Waals surface area contributed by atoms with Gasteiger partial charge >= 0.3 is 0 Å². The minimum Gasteiger partial charge on any atom is -0.272 e. The number of nitrogens with two attached hydrogens (primary N) is 1. The second-order valence-corrected chi connectivity index (χ2v) is 10.5. The van der Waals surface area contributed by atoms with Crippen LogP contribution in [0.1, 0.15) is 51.0 Å². The summed E-state index contributed by atoms with van der Waals surface area (Å²) < 4.78 is 15.2. The van der Waals surface area contributed by atoms with Gasteiger partial charge in [0, 0.05) is 22.9 Å². The van der Waals surface area contributed by atoms with E-state index in [0.717, 1.165) is 35.0 Å². The van der Waals surface area contributed by atoms with Gasteiger partial charge in [-0.25, -0.2) is 24.9 Å². The molecule has 176 valence electrons. The molecule has 2 aromatic heterocycles. The summed E-state index contributed by atoms with van der Waals surface area (Å²) in [6, 6.07) is 12.6. The van der Waals surface area contributed by atoms with Crippen LogP contribution in [0.25, 0.3) is 16.6 Å². The number of benzene rings is 2. The van der Waals surface area contributed by atoms with E-state index < -0.39 is 5.41 Å². The van der Waals surface area contributed by atoms with Crippen LogP contribution in [-0.2, 0) is 4.79 Å². The number of aromatic nitrogens is 3. The van der Waals surface area contributed by atoms with Crippen LogP contribution < -0.4 is 10.9 Å². The van der Waals surface area contributed by atoms with Gasteiger partial charge in [-0.1, -0.05) is 32.8 Å². The first-order valence-corrected chi connectivity index (χ1v) is 12.5. The molecule has 5 rings (SSSR count). The third kappa shape index (κ3) is 4.01. The molecule has 2 heterocycles. The van der Waals surface area contributed by atoms with E-state index in [2.05, 4.69) is 22.2 Å². The van der Waals surface area contributed by atoms with E-state index in [9.17, 15) is 9.18 Å². The predicted octanol–water partition coefficient (Wildman–Crippen LogP) is 5.83. The Bertz CT molecular complexity index is 1290. The van der Waals surface area contributed by atoms with Crippen LogP contribution in [0.3, 0.4) is 0 Å². The first-order chi connectivity index (χ1) is 16.4. The molecular weight excluding hydrogens is 449 g/mol. The van der Waals surface area contributed by atoms with Crippen molar-refractivity contribution in [3.63, 3.8) is 0 Å². The highest BCUT2D eigenvalue weighted by Gasteiger charge is 2.45. The van der Waals surface area contributed by atoms with Crippen molar-refractivity contribution in [3.8, 4) is 5.69 Å². The van der Waals surface area contributed by atoms with Gasteiger partial charge in [-0.05, 0) is 60.7 Å². The number of amides is 1. The average molecular weight is 478 g/mol. The Labute approximate surface area is 202 Å². The van der Waals surface area contributed by atoms with Gasteiger partial charge in [0.25, 0.3) is 0 Å². The second-order valence-electron chi connectivity index (χ2n) is 9.58. The van der Waals surface area contributed by atoms with Crippen LogP contribution in [-0.4, -0.2) is 20.7 Å². The van der Waals surface area contributed by atoms with Crippen LogP contribution in [0.2, 0.25) is 0 Å². The van der Waals surface area contributed by atoms with Gasteiger partial charge in [-0.3, -0.25) is 4.79 Å². The molecule has 1 amide bonds. The summed E-state index contributed by atoms with van der Waals surface area (Å²) in [6.07, 6.45) is 8.02. The third-order valence-electron chi connectivity index (χ3n) is 7.07. The maximum absolute atomic E-state index is 13.6. The van der Waals surface area contributed by atoms with Gasteiger partial charge in [-0.2, -0.15) is 5.10 Å². The zero-order chi connectivity index (χ0) is 23.9. The molecule has 1 aliphatic carbocycles. The number of hydrazine groups is 1. The zero-order valence-corrected chi connectivity index (χ0v) is 20.1. The minimum absolute atomic E-state index is 0.00656. The SMILES string of the molecule is CC(C)(C(=O)N(N)c1nccs1)C(c1ccc2c(cnn2-c2ccc(F)cc2)c1)C1CCCC1. The van der Waals surface area contributed by atoms with Crippen molar-refractivity contribution in [2.45, 2.75) is 45.4 Å². The molecule has 1 fully saturated rings. The summed E-state index contributed by atoms with van der Waals surface area (Å²) in [6.45, 7) is 4.00. The summed E-state index contributed by atoms with van der Waals surface area (Å²) in [7, 11) is 0. The number of anilines is 1. The lowest BCUT2D eigenvalue weighted by molar-refractivity contribution is -0.128. The lowest BCUT2D eigenvalue weighted by Gasteiger charge is -2.39. The molecule has 8 heteroatoms. The Hall–Kier alpha value is -3.10. The van der Waals surface area contributed by atoms with Crippen LogP contribution in [0.5, 0.6) is 0 Å². The number of nitrogens with zero attached hydrogens (tertiary/aromatic N) is 4. The first kappa shape index (κ1) is 22.7. The summed E-state index contributed by atoms with van der Waals surface area (Å²) in [4.78, 5) is 17.9. The van der Waals surface area contributed by atoms with E-state index in [-0.39, 0.29) is 17.6 Å². The van der Waals surface area contributed by atoms with Gasteiger partial charge < -0.3 is 0 Å². The smallest absolute Gasteiger partial charge is 0.249 e. The Balaban J connectivity index is 1.53. The molecule has 1 aliphatic rings. The molecule has 34 heavy (non-hydrogen) atoms. The molecule has 0 saturated heterocycles. The van der Waals surface area contributed by atoms with Crippen molar-refractivity contribution < 1.29 is 9.18 Å². The molecule has 1 atom stereocenters. The van der Waals surface area contributed by atoms with Crippen LogP contribution in [0, 0.1) is 17.2 Å². The quantitative estimate of drug-likeness (QED) is 0.215. The van der Waals surface area contributed by atoms with Crippen molar-refractivity contribution >= 4 is 33.3 Å². The molecule has 1 unspecified atom stereocenters. The fourth-order valence-electron chi connectivity index (χ4n) is 5.47. The van der Waals surface area contributed by atoms with Gasteiger partial charge in [0.1, 0.15) is 5.82 Å². The number of hydrogen-bond acceptors (Lipinski definition) is 5. The first-order valence-electron chi connectivity index (χ1n) is 11.6. The van der Waals surface area contributed by atoms with E-state index in [0.29, 0.717) is 11.0 Å². The number of fused-ring (bicyclic) bond motifs is 1. The van der Waals surface area contributed by atoms with Crippen molar-refractivity contribution in [1.82, 2.24) is 14.8 Å². The fraction of sp³-hybridized carbons (Fsp3) is 0.346. The highest BCUT2D eigenvalue weighted by molar-refractivity contribution is 7.13. The minimum atomic E-state index is -0.726. The topological polar surface area (TPSA) is 77.0 Å². The van der Waals surface area contributed by atoms with Gasteiger partial charge in [0.15, 0.2) is 0 Å². The Kier molecular flexibility index (Phi) is 5.95. The van der Waals surface area contributed by atoms with Crippen molar-refractivity contribution in [2.75, 3.05) is 5.01 Å². The highest BCUT2D eigenvalue weighted by Crippen LogP contribution is 2.49. The number of rotatable bonds is 6. The zero-order valence-electron chi connectivity index (χ0n) is 19.3. The van der Waals surface area contributed by atoms with Crippen molar-refractivity contribution in [2.24, 2.45) is 17.2 Å². The predicted molar refractivity (Wildman–Crippen MR) is 133 cm³/mol. The Morgan fingerprint density at radius 3 is 2.62 bits per heavy atom. The molecular formula is C26H28FN5OS. The van der Waals surface area contributed by atoms with Crippen molar-refractivity contribution in [1.29, 1.82) is 0 Å². The van der Waals surface area contributed by atoms with Crippen LogP contribution >= 0.6 is 11.3 Å². The summed E-state index contributed by atoms with van der Waals surface area (Å²) >= 11 is 1.35. The summed E-state index contributed by atoms with van der Waals surface area (Å²) in [5.74, 6) is 6.23. The van der Waals surface area contributed by atoms with Crippen molar-refractivity contribution in [3.05, 3.63) is 71.6 Å². The van der Waals surface area contributed by atoms with E-state index in [1.807, 2.05) is 36.2 Å². The molecule has 0 radical (unpaired) electrons. The molecule has 0 bridgehead atoms. The van der Waals surface area contributed by atoms with Crippen LogP contribution in [0.4, 0.5) is 9.52 Å². The maximum Gasteiger partial charge on any atom is 0.249 e. The van der Waals surface area contributed by atoms with Crippen LogP contribution in [0.15, 0.2) is 60.2 Å². The molecule has 0 aliphatic heterocycles. The second kappa shape index (κ2) is 8.92. The molecule has 2 N–H and O–H groups in total. The summed E-state index contributed by atoms with van der Waals surface area (Å²) in [5.41, 5.74) is 2.13. The lowest BCUT2D eigenvalue weighted by Crippen LogP contribution is -2.49. The maximum atomic E-state index is 13.6. The molecule has 4 aromatic rings. The van der Waals surface area contributed by atoms with E-state index in [1.165, 1.54) is 41.3 Å². The normalized spacial score (nSPS) is 15.6. The Morgan fingerprint density at radius 2 is 1.94 bits per heavy atom. The molecule has 1 saturated carbocycles. The molecule has 2 aromatic carbocycles. The fourth-order valence-corrected chi connectivity index (χ4v) is 6.03. The largest absolute Gasteiger partial charge is 0.272 e. The highest BCUT2D eigenvalue weighted by atomic mass is 32.1. The number of carbonyl (C=O) groups is 1. The number of hydrogen-bond donors (Lipinski definition) is 1. The van der Waals surface area contributed by atoms with E-state index in [1.54, 1.807) is 18.3 Å². The Morgan fingerprint density at radius 1 is 1.21 bits per heavy atom. The monoisotopic (exact) mass is 477 g/mol. The van der Waals surface area contributed by atoms with E-state index >= 15 is 0 Å².